The average Bonchev–Trinajstić information content (AvgIpc) is 3.30. The van der Waals surface area contributed by atoms with Crippen LogP contribution in [0.25, 0.3) is 0 Å². The lowest BCUT2D eigenvalue weighted by atomic mass is 9.96. The molecule has 31 heavy (non-hydrogen) atoms. The Balaban J connectivity index is 2.24. The number of benzene rings is 1. The first kappa shape index (κ1) is 24.5. The highest BCUT2D eigenvalue weighted by Gasteiger charge is 2.38. The van der Waals surface area contributed by atoms with Crippen LogP contribution < -0.4 is 22.1 Å². The Morgan fingerprint density at radius 3 is 2.65 bits per heavy atom. The fraction of sp³-hybridized carbons (Fsp3) is 0.545. The third kappa shape index (κ3) is 7.45. The Bertz CT molecular complexity index is 745. The predicted octanol–water partition coefficient (Wildman–Crippen LogP) is -0.207. The van der Waals surface area contributed by atoms with E-state index in [2.05, 4.69) is 15.6 Å². The standard InChI is InChI=1S/C22H34N6O3/c1-25-14-17(13-16-7-3-2-4-8-16)20(30)28(21(31)19-10-6-11-26-19)18(15-29)9-5-12-27-22(23)24/h2-4,7-8,15,17-19,25-26H,5-6,9-14H2,1H3,(H4,23,24,27)/t17?,18-,19-/m0/s1. The third-order valence-electron chi connectivity index (χ3n) is 5.40. The number of aldehydes is 1. The zero-order valence-corrected chi connectivity index (χ0v) is 18.1. The lowest BCUT2D eigenvalue weighted by Crippen LogP contribution is -2.55. The number of rotatable bonds is 12. The smallest absolute Gasteiger partial charge is 0.246 e. The predicted molar refractivity (Wildman–Crippen MR) is 120 cm³/mol. The van der Waals surface area contributed by atoms with Crippen molar-refractivity contribution >= 4 is 24.1 Å². The maximum Gasteiger partial charge on any atom is 0.246 e. The van der Waals surface area contributed by atoms with Crippen LogP contribution in [-0.2, 0) is 20.8 Å². The molecule has 1 fully saturated rings. The van der Waals surface area contributed by atoms with Gasteiger partial charge >= 0.3 is 0 Å². The summed E-state index contributed by atoms with van der Waals surface area (Å²) in [6.45, 7) is 1.45. The molecular formula is C22H34N6O3. The van der Waals surface area contributed by atoms with Crippen LogP contribution in [0.2, 0.25) is 0 Å². The lowest BCUT2D eigenvalue weighted by molar-refractivity contribution is -0.153. The quantitative estimate of drug-likeness (QED) is 0.156. The van der Waals surface area contributed by atoms with Crippen molar-refractivity contribution in [3.05, 3.63) is 35.9 Å². The molecule has 1 heterocycles. The van der Waals surface area contributed by atoms with Crippen molar-refractivity contribution in [2.75, 3.05) is 26.7 Å². The van der Waals surface area contributed by atoms with Gasteiger partial charge in [0.1, 0.15) is 6.29 Å². The zero-order valence-electron chi connectivity index (χ0n) is 18.1. The van der Waals surface area contributed by atoms with E-state index in [9.17, 15) is 14.4 Å². The van der Waals surface area contributed by atoms with E-state index >= 15 is 0 Å². The maximum atomic E-state index is 13.6. The van der Waals surface area contributed by atoms with E-state index in [0.29, 0.717) is 45.1 Å². The van der Waals surface area contributed by atoms with Gasteiger partial charge in [-0.3, -0.25) is 19.5 Å². The van der Waals surface area contributed by atoms with Gasteiger partial charge < -0.3 is 26.9 Å². The van der Waals surface area contributed by atoms with Crippen molar-refractivity contribution in [3.63, 3.8) is 0 Å². The van der Waals surface area contributed by atoms with Gasteiger partial charge in [0, 0.05) is 13.1 Å². The van der Waals surface area contributed by atoms with Crippen LogP contribution in [0.3, 0.4) is 0 Å². The molecule has 0 saturated carbocycles. The molecule has 1 aromatic rings. The Labute approximate surface area is 183 Å². The Morgan fingerprint density at radius 1 is 1.32 bits per heavy atom. The molecule has 2 rings (SSSR count). The summed E-state index contributed by atoms with van der Waals surface area (Å²) < 4.78 is 0. The number of imide groups is 1. The summed E-state index contributed by atoms with van der Waals surface area (Å²) in [5.41, 5.74) is 11.7. The van der Waals surface area contributed by atoms with Crippen molar-refractivity contribution in [1.29, 1.82) is 0 Å². The molecule has 1 aromatic carbocycles. The highest BCUT2D eigenvalue weighted by molar-refractivity contribution is 6.01. The number of nitrogens with one attached hydrogen (secondary N) is 2. The van der Waals surface area contributed by atoms with Crippen LogP contribution in [-0.4, -0.2) is 67.7 Å². The Morgan fingerprint density at radius 2 is 2.06 bits per heavy atom. The largest absolute Gasteiger partial charge is 0.370 e. The van der Waals surface area contributed by atoms with Gasteiger partial charge in [0.25, 0.3) is 0 Å². The number of hydrogen-bond acceptors (Lipinski definition) is 6. The first-order valence-electron chi connectivity index (χ1n) is 10.8. The summed E-state index contributed by atoms with van der Waals surface area (Å²) in [4.78, 5) is 43.9. The molecule has 1 aliphatic heterocycles. The van der Waals surface area contributed by atoms with Crippen molar-refractivity contribution < 1.29 is 14.4 Å². The summed E-state index contributed by atoms with van der Waals surface area (Å²) in [5, 5.41) is 6.19. The van der Waals surface area contributed by atoms with Crippen LogP contribution >= 0.6 is 0 Å². The summed E-state index contributed by atoms with van der Waals surface area (Å²) in [6.07, 6.45) is 3.45. The van der Waals surface area contributed by atoms with E-state index in [1.165, 1.54) is 4.90 Å². The van der Waals surface area contributed by atoms with Gasteiger partial charge in [-0.05, 0) is 51.3 Å². The molecule has 0 spiro atoms. The number of guanidine groups is 1. The van der Waals surface area contributed by atoms with E-state index < -0.39 is 18.0 Å². The summed E-state index contributed by atoms with van der Waals surface area (Å²) in [5.74, 6) is -1.18. The molecule has 3 atom stereocenters. The molecule has 0 radical (unpaired) electrons. The molecule has 1 saturated heterocycles. The normalized spacial score (nSPS) is 17.5. The second kappa shape index (κ2) is 12.8. The zero-order chi connectivity index (χ0) is 22.6. The first-order chi connectivity index (χ1) is 15.0. The van der Waals surface area contributed by atoms with Crippen molar-refractivity contribution in [3.8, 4) is 0 Å². The van der Waals surface area contributed by atoms with Gasteiger partial charge in [0.15, 0.2) is 5.96 Å². The third-order valence-corrected chi connectivity index (χ3v) is 5.40. The monoisotopic (exact) mass is 430 g/mol. The summed E-state index contributed by atoms with van der Waals surface area (Å²) in [7, 11) is 1.77. The molecule has 9 nitrogen and oxygen atoms in total. The van der Waals surface area contributed by atoms with Crippen molar-refractivity contribution in [2.45, 2.75) is 44.2 Å². The lowest BCUT2D eigenvalue weighted by Gasteiger charge is -2.32. The molecule has 9 heteroatoms. The van der Waals surface area contributed by atoms with Gasteiger partial charge in [0.05, 0.1) is 18.0 Å². The molecule has 0 aliphatic carbocycles. The first-order valence-corrected chi connectivity index (χ1v) is 10.8. The van der Waals surface area contributed by atoms with Gasteiger partial charge in [-0.1, -0.05) is 30.3 Å². The van der Waals surface area contributed by atoms with E-state index in [-0.39, 0.29) is 17.8 Å². The average molecular weight is 431 g/mol. The Hall–Kier alpha value is -2.78. The van der Waals surface area contributed by atoms with Gasteiger partial charge in [-0.25, -0.2) is 0 Å². The van der Waals surface area contributed by atoms with Crippen LogP contribution in [0.5, 0.6) is 0 Å². The van der Waals surface area contributed by atoms with Gasteiger partial charge in [-0.2, -0.15) is 0 Å². The minimum absolute atomic E-state index is 0.0289. The molecule has 1 unspecified atom stereocenters. The highest BCUT2D eigenvalue weighted by atomic mass is 16.2. The molecule has 0 aromatic heterocycles. The number of aliphatic imine (C=N–C) groups is 1. The number of amides is 2. The number of nitrogens with zero attached hydrogens (tertiary/aromatic N) is 2. The molecule has 1 aliphatic rings. The summed E-state index contributed by atoms with van der Waals surface area (Å²) >= 11 is 0. The Kier molecular flexibility index (Phi) is 10.1. The highest BCUT2D eigenvalue weighted by Crippen LogP contribution is 2.19. The van der Waals surface area contributed by atoms with E-state index in [4.69, 9.17) is 11.5 Å². The number of carbonyl (C=O) groups is 3. The van der Waals surface area contributed by atoms with Crippen LogP contribution in [0.1, 0.15) is 31.2 Å². The molecule has 0 bridgehead atoms. The SMILES string of the molecule is CNCC(Cc1ccccc1)C(=O)N(C(=O)[C@@H]1CCCN1)[C@H](C=O)CCCN=C(N)N. The molecule has 6 N–H and O–H groups in total. The minimum atomic E-state index is -0.855. The van der Waals surface area contributed by atoms with E-state index in [0.717, 1.165) is 18.5 Å². The summed E-state index contributed by atoms with van der Waals surface area (Å²) in [6, 6.07) is 8.35. The van der Waals surface area contributed by atoms with Crippen LogP contribution in [0, 0.1) is 5.92 Å². The fourth-order valence-electron chi connectivity index (χ4n) is 3.85. The number of hydrogen-bond donors (Lipinski definition) is 4. The van der Waals surface area contributed by atoms with Crippen molar-refractivity contribution in [1.82, 2.24) is 15.5 Å². The van der Waals surface area contributed by atoms with Gasteiger partial charge in [-0.15, -0.1) is 0 Å². The van der Waals surface area contributed by atoms with E-state index in [1.807, 2.05) is 30.3 Å². The van der Waals surface area contributed by atoms with Crippen LogP contribution in [0.15, 0.2) is 35.3 Å². The second-order valence-electron chi connectivity index (χ2n) is 7.79. The number of nitrogens with two attached hydrogens (primary N) is 2. The minimum Gasteiger partial charge on any atom is -0.370 e. The second-order valence-corrected chi connectivity index (χ2v) is 7.79. The van der Waals surface area contributed by atoms with Crippen LogP contribution in [0.4, 0.5) is 0 Å². The maximum absolute atomic E-state index is 13.6. The number of carbonyl (C=O) groups excluding carboxylic acids is 3. The van der Waals surface area contributed by atoms with Gasteiger partial charge in [0.2, 0.25) is 11.8 Å². The van der Waals surface area contributed by atoms with E-state index in [1.54, 1.807) is 7.05 Å². The fourth-order valence-corrected chi connectivity index (χ4v) is 3.85. The topological polar surface area (TPSA) is 143 Å². The van der Waals surface area contributed by atoms with Crippen molar-refractivity contribution in [2.24, 2.45) is 22.4 Å². The molecular weight excluding hydrogens is 396 g/mol. The molecule has 170 valence electrons. The molecule has 2 amide bonds.